The van der Waals surface area contributed by atoms with Crippen molar-refractivity contribution < 1.29 is 4.79 Å². The molecule has 0 spiro atoms. The normalized spacial score (nSPS) is 10.7. The first-order valence-electron chi connectivity index (χ1n) is 4.84. The molecule has 0 aliphatic rings. The van der Waals surface area contributed by atoms with Gasteiger partial charge in [-0.05, 0) is 12.8 Å². The van der Waals surface area contributed by atoms with Crippen LogP contribution in [0.3, 0.4) is 0 Å². The third kappa shape index (κ3) is 2.65. The molecule has 1 rings (SSSR count). The SMILES string of the molecule is Cc1nc(CC(C)C)nc(N)c1C(N)=O. The van der Waals surface area contributed by atoms with Crippen LogP contribution in [0.25, 0.3) is 0 Å². The Morgan fingerprint density at radius 2 is 2.00 bits per heavy atom. The molecule has 0 saturated heterocycles. The average Bonchev–Trinajstić information content (AvgIpc) is 1.99. The monoisotopic (exact) mass is 208 g/mol. The number of nitrogens with zero attached hydrogens (tertiary/aromatic N) is 2. The Balaban J connectivity index is 3.14. The second kappa shape index (κ2) is 4.25. The van der Waals surface area contributed by atoms with Gasteiger partial charge in [0.25, 0.3) is 5.91 Å². The van der Waals surface area contributed by atoms with Gasteiger partial charge in [0.05, 0.1) is 5.69 Å². The van der Waals surface area contributed by atoms with E-state index < -0.39 is 5.91 Å². The van der Waals surface area contributed by atoms with Gasteiger partial charge in [-0.2, -0.15) is 0 Å². The van der Waals surface area contributed by atoms with Gasteiger partial charge >= 0.3 is 0 Å². The third-order valence-electron chi connectivity index (χ3n) is 2.00. The molecule has 0 radical (unpaired) electrons. The molecule has 4 N–H and O–H groups in total. The maximum absolute atomic E-state index is 11.0. The van der Waals surface area contributed by atoms with Gasteiger partial charge in [0.1, 0.15) is 17.2 Å². The molecule has 1 amide bonds. The second-order valence-corrected chi connectivity index (χ2v) is 3.95. The van der Waals surface area contributed by atoms with E-state index in [1.54, 1.807) is 6.92 Å². The predicted octanol–water partition coefficient (Wildman–Crippen LogP) is 0.665. The number of nitrogen functional groups attached to an aromatic ring is 1. The molecule has 82 valence electrons. The Bertz CT molecular complexity index is 364. The van der Waals surface area contributed by atoms with Gasteiger partial charge in [-0.3, -0.25) is 4.79 Å². The van der Waals surface area contributed by atoms with Gasteiger partial charge in [0.15, 0.2) is 0 Å². The van der Waals surface area contributed by atoms with Crippen LogP contribution in [0.5, 0.6) is 0 Å². The van der Waals surface area contributed by atoms with Crippen molar-refractivity contribution in [2.24, 2.45) is 11.7 Å². The molecule has 1 heterocycles. The lowest BCUT2D eigenvalue weighted by Crippen LogP contribution is -2.19. The Morgan fingerprint density at radius 1 is 1.40 bits per heavy atom. The van der Waals surface area contributed by atoms with Crippen molar-refractivity contribution in [2.75, 3.05) is 5.73 Å². The fourth-order valence-corrected chi connectivity index (χ4v) is 1.42. The molecule has 0 aliphatic heterocycles. The van der Waals surface area contributed by atoms with E-state index in [0.717, 1.165) is 6.42 Å². The van der Waals surface area contributed by atoms with Crippen molar-refractivity contribution in [1.29, 1.82) is 0 Å². The minimum Gasteiger partial charge on any atom is -0.383 e. The van der Waals surface area contributed by atoms with Crippen LogP contribution in [0.1, 0.15) is 35.7 Å². The van der Waals surface area contributed by atoms with Gasteiger partial charge in [0, 0.05) is 6.42 Å². The number of primary amides is 1. The number of hydrogen-bond acceptors (Lipinski definition) is 4. The summed E-state index contributed by atoms with van der Waals surface area (Å²) in [7, 11) is 0. The summed E-state index contributed by atoms with van der Waals surface area (Å²) in [6.45, 7) is 5.84. The summed E-state index contributed by atoms with van der Waals surface area (Å²) >= 11 is 0. The van der Waals surface area contributed by atoms with Crippen molar-refractivity contribution in [1.82, 2.24) is 9.97 Å². The third-order valence-corrected chi connectivity index (χ3v) is 2.00. The van der Waals surface area contributed by atoms with Crippen LogP contribution in [0, 0.1) is 12.8 Å². The minimum atomic E-state index is -0.582. The molecule has 0 fully saturated rings. The highest BCUT2D eigenvalue weighted by atomic mass is 16.1. The van der Waals surface area contributed by atoms with Crippen LogP contribution in [0.2, 0.25) is 0 Å². The number of carbonyl (C=O) groups is 1. The first kappa shape index (κ1) is 11.4. The molecule has 0 aliphatic carbocycles. The largest absolute Gasteiger partial charge is 0.383 e. The zero-order valence-electron chi connectivity index (χ0n) is 9.24. The number of amides is 1. The van der Waals surface area contributed by atoms with Crippen LogP contribution in [0.4, 0.5) is 5.82 Å². The number of anilines is 1. The van der Waals surface area contributed by atoms with E-state index in [-0.39, 0.29) is 11.4 Å². The van der Waals surface area contributed by atoms with Crippen LogP contribution in [0.15, 0.2) is 0 Å². The number of nitrogens with two attached hydrogens (primary N) is 2. The van der Waals surface area contributed by atoms with Gasteiger partial charge in [-0.1, -0.05) is 13.8 Å². The number of aryl methyl sites for hydroxylation is 1. The summed E-state index contributed by atoms with van der Waals surface area (Å²) in [6.07, 6.45) is 0.740. The van der Waals surface area contributed by atoms with Gasteiger partial charge in [-0.15, -0.1) is 0 Å². The van der Waals surface area contributed by atoms with E-state index in [1.165, 1.54) is 0 Å². The van der Waals surface area contributed by atoms with E-state index >= 15 is 0 Å². The predicted molar refractivity (Wildman–Crippen MR) is 58.2 cm³/mol. The van der Waals surface area contributed by atoms with Crippen LogP contribution in [-0.2, 0) is 6.42 Å². The van der Waals surface area contributed by atoms with Crippen LogP contribution >= 0.6 is 0 Å². The van der Waals surface area contributed by atoms with E-state index in [2.05, 4.69) is 23.8 Å². The molecule has 1 aromatic heterocycles. The van der Waals surface area contributed by atoms with E-state index in [0.29, 0.717) is 17.4 Å². The van der Waals surface area contributed by atoms with Gasteiger partial charge < -0.3 is 11.5 Å². The quantitative estimate of drug-likeness (QED) is 0.763. The molecule has 0 saturated carbocycles. The van der Waals surface area contributed by atoms with Crippen molar-refractivity contribution in [3.63, 3.8) is 0 Å². The summed E-state index contributed by atoms with van der Waals surface area (Å²) in [5.41, 5.74) is 11.6. The molecule has 5 heteroatoms. The summed E-state index contributed by atoms with van der Waals surface area (Å²) in [5.74, 6) is 0.694. The standard InChI is InChI=1S/C10H16N4O/c1-5(2)4-7-13-6(3)8(10(12)15)9(11)14-7/h5H,4H2,1-3H3,(H2,12,15)(H2,11,13,14). The Hall–Kier alpha value is -1.65. The molecule has 0 atom stereocenters. The minimum absolute atomic E-state index is 0.172. The molecular weight excluding hydrogens is 192 g/mol. The highest BCUT2D eigenvalue weighted by molar-refractivity contribution is 5.98. The Labute approximate surface area is 88.9 Å². The molecule has 5 nitrogen and oxygen atoms in total. The van der Waals surface area contributed by atoms with E-state index in [1.807, 2.05) is 0 Å². The topological polar surface area (TPSA) is 94.9 Å². The lowest BCUT2D eigenvalue weighted by molar-refractivity contribution is 0.1000. The maximum atomic E-state index is 11.0. The van der Waals surface area contributed by atoms with E-state index in [9.17, 15) is 4.79 Å². The van der Waals surface area contributed by atoms with Gasteiger partial charge in [0.2, 0.25) is 0 Å². The van der Waals surface area contributed by atoms with E-state index in [4.69, 9.17) is 11.5 Å². The lowest BCUT2D eigenvalue weighted by Gasteiger charge is -2.08. The number of rotatable bonds is 3. The van der Waals surface area contributed by atoms with Crippen molar-refractivity contribution >= 4 is 11.7 Å². The highest BCUT2D eigenvalue weighted by Crippen LogP contribution is 2.13. The molecule has 15 heavy (non-hydrogen) atoms. The van der Waals surface area contributed by atoms with Crippen molar-refractivity contribution in [2.45, 2.75) is 27.2 Å². The molecular formula is C10H16N4O. The lowest BCUT2D eigenvalue weighted by atomic mass is 10.1. The zero-order valence-corrected chi connectivity index (χ0v) is 9.24. The average molecular weight is 208 g/mol. The number of hydrogen-bond donors (Lipinski definition) is 2. The fourth-order valence-electron chi connectivity index (χ4n) is 1.42. The zero-order chi connectivity index (χ0) is 11.6. The van der Waals surface area contributed by atoms with Crippen LogP contribution < -0.4 is 11.5 Å². The molecule has 0 bridgehead atoms. The molecule has 0 aromatic carbocycles. The van der Waals surface area contributed by atoms with Crippen molar-refractivity contribution in [3.8, 4) is 0 Å². The molecule has 1 aromatic rings. The first-order valence-corrected chi connectivity index (χ1v) is 4.84. The summed E-state index contributed by atoms with van der Waals surface area (Å²) in [5, 5.41) is 0. The fraction of sp³-hybridized carbons (Fsp3) is 0.500. The highest BCUT2D eigenvalue weighted by Gasteiger charge is 2.14. The Morgan fingerprint density at radius 3 is 2.40 bits per heavy atom. The summed E-state index contributed by atoms with van der Waals surface area (Å²) < 4.78 is 0. The second-order valence-electron chi connectivity index (χ2n) is 3.95. The summed E-state index contributed by atoms with van der Waals surface area (Å²) in [4.78, 5) is 19.3. The van der Waals surface area contributed by atoms with Crippen LogP contribution in [-0.4, -0.2) is 15.9 Å². The Kier molecular flexibility index (Phi) is 3.24. The summed E-state index contributed by atoms with van der Waals surface area (Å²) in [6, 6.07) is 0. The first-order chi connectivity index (χ1) is 6.91. The number of aromatic nitrogens is 2. The number of carbonyl (C=O) groups excluding carboxylic acids is 1. The van der Waals surface area contributed by atoms with Crippen molar-refractivity contribution in [3.05, 3.63) is 17.1 Å². The smallest absolute Gasteiger partial charge is 0.254 e. The maximum Gasteiger partial charge on any atom is 0.254 e. The van der Waals surface area contributed by atoms with Gasteiger partial charge in [-0.25, -0.2) is 9.97 Å². The molecule has 0 unspecified atom stereocenters.